The summed E-state index contributed by atoms with van der Waals surface area (Å²) >= 11 is 0. The Morgan fingerprint density at radius 3 is 2.48 bits per heavy atom. The van der Waals surface area contributed by atoms with Crippen LogP contribution < -0.4 is 10.6 Å². The van der Waals surface area contributed by atoms with Crippen molar-refractivity contribution < 1.29 is 9.59 Å². The predicted molar refractivity (Wildman–Crippen MR) is 97.0 cm³/mol. The summed E-state index contributed by atoms with van der Waals surface area (Å²) in [7, 11) is 0. The fourth-order valence-electron chi connectivity index (χ4n) is 2.77. The Morgan fingerprint density at radius 1 is 1.12 bits per heavy atom. The van der Waals surface area contributed by atoms with E-state index in [1.807, 2.05) is 19.1 Å². The lowest BCUT2D eigenvalue weighted by Crippen LogP contribution is -2.36. The molecular weight excluding hydrogens is 314 g/mol. The largest absolute Gasteiger partial charge is 0.352 e. The number of rotatable bonds is 5. The molecular formula is C20H21N3O2. The molecule has 2 aromatic rings. The monoisotopic (exact) mass is 335 g/mol. The second-order valence-electron chi connectivity index (χ2n) is 6.52. The Bertz CT molecular complexity index is 774. The third-order valence-electron chi connectivity index (χ3n) is 4.44. The summed E-state index contributed by atoms with van der Waals surface area (Å²) in [6, 6.07) is 10.8. The van der Waals surface area contributed by atoms with E-state index in [2.05, 4.69) is 27.8 Å². The molecule has 1 heterocycles. The highest BCUT2D eigenvalue weighted by molar-refractivity contribution is 6.04. The summed E-state index contributed by atoms with van der Waals surface area (Å²) in [5, 5.41) is 5.77. The van der Waals surface area contributed by atoms with Crippen molar-refractivity contribution >= 4 is 17.5 Å². The number of allylic oxidation sites excluding steroid dienone is 2. The molecule has 3 rings (SSSR count). The molecule has 1 aromatic carbocycles. The van der Waals surface area contributed by atoms with Crippen molar-refractivity contribution in [2.24, 2.45) is 5.41 Å². The Balaban J connectivity index is 1.55. The first-order valence-corrected chi connectivity index (χ1v) is 8.30. The van der Waals surface area contributed by atoms with Crippen LogP contribution in [0, 0.1) is 5.41 Å². The van der Waals surface area contributed by atoms with Gasteiger partial charge < -0.3 is 10.6 Å². The highest BCUT2D eigenvalue weighted by Crippen LogP contribution is 2.32. The Labute approximate surface area is 147 Å². The molecule has 1 aliphatic carbocycles. The van der Waals surface area contributed by atoms with Crippen LogP contribution in [0.2, 0.25) is 0 Å². The lowest BCUT2D eigenvalue weighted by atomic mass is 9.87. The molecule has 2 amide bonds. The zero-order valence-electron chi connectivity index (χ0n) is 14.2. The van der Waals surface area contributed by atoms with Gasteiger partial charge in [0.05, 0.1) is 17.3 Å². The van der Waals surface area contributed by atoms with Gasteiger partial charge in [-0.05, 0) is 42.7 Å². The van der Waals surface area contributed by atoms with Gasteiger partial charge in [0, 0.05) is 18.3 Å². The third-order valence-corrected chi connectivity index (χ3v) is 4.44. The van der Waals surface area contributed by atoms with E-state index in [-0.39, 0.29) is 17.2 Å². The highest BCUT2D eigenvalue weighted by Gasteiger charge is 2.33. The van der Waals surface area contributed by atoms with Crippen LogP contribution >= 0.6 is 0 Å². The molecule has 5 nitrogen and oxygen atoms in total. The minimum Gasteiger partial charge on any atom is -0.352 e. The molecule has 0 radical (unpaired) electrons. The number of pyridine rings is 1. The highest BCUT2D eigenvalue weighted by atomic mass is 16.2. The molecule has 1 aromatic heterocycles. The van der Waals surface area contributed by atoms with E-state index >= 15 is 0 Å². The molecule has 0 bridgehead atoms. The fourth-order valence-corrected chi connectivity index (χ4v) is 2.77. The topological polar surface area (TPSA) is 71.1 Å². The Hall–Kier alpha value is -2.95. The molecule has 0 saturated heterocycles. The lowest BCUT2D eigenvalue weighted by Gasteiger charge is -2.22. The van der Waals surface area contributed by atoms with E-state index < -0.39 is 0 Å². The van der Waals surface area contributed by atoms with Crippen LogP contribution in [0.1, 0.15) is 35.7 Å². The van der Waals surface area contributed by atoms with Crippen molar-refractivity contribution in [3.63, 3.8) is 0 Å². The van der Waals surface area contributed by atoms with Gasteiger partial charge in [0.1, 0.15) is 0 Å². The Kier molecular flexibility index (Phi) is 4.93. The van der Waals surface area contributed by atoms with Gasteiger partial charge in [0.25, 0.3) is 5.91 Å². The summed E-state index contributed by atoms with van der Waals surface area (Å²) in [5.41, 5.74) is 1.85. The zero-order valence-corrected chi connectivity index (χ0v) is 14.2. The van der Waals surface area contributed by atoms with Gasteiger partial charge >= 0.3 is 0 Å². The van der Waals surface area contributed by atoms with Crippen LogP contribution in [-0.4, -0.2) is 16.8 Å². The van der Waals surface area contributed by atoms with E-state index in [0.29, 0.717) is 17.8 Å². The van der Waals surface area contributed by atoms with Gasteiger partial charge in [-0.3, -0.25) is 14.6 Å². The molecule has 0 unspecified atom stereocenters. The lowest BCUT2D eigenvalue weighted by molar-refractivity contribution is -0.129. The van der Waals surface area contributed by atoms with Gasteiger partial charge in [-0.25, -0.2) is 0 Å². The van der Waals surface area contributed by atoms with Crippen LogP contribution in [0.25, 0.3) is 0 Å². The smallest absolute Gasteiger partial charge is 0.255 e. The van der Waals surface area contributed by atoms with Crippen molar-refractivity contribution in [2.45, 2.75) is 26.3 Å². The minimum absolute atomic E-state index is 0.0656. The molecule has 0 atom stereocenters. The normalized spacial score (nSPS) is 14.9. The number of hydrogen-bond donors (Lipinski definition) is 2. The van der Waals surface area contributed by atoms with Crippen molar-refractivity contribution in [1.29, 1.82) is 0 Å². The molecule has 5 heteroatoms. The van der Waals surface area contributed by atoms with E-state index in [1.165, 1.54) is 0 Å². The van der Waals surface area contributed by atoms with Crippen molar-refractivity contribution in [3.05, 3.63) is 72.1 Å². The standard InChI is InChI=1S/C20H21N3O2/c1-20(10-2-3-11-20)19(25)22-13-15-6-8-16(9-7-15)18(24)23-17-5-4-12-21-14-17/h2-9,12,14H,10-11,13H2,1H3,(H,22,25)(H,23,24). The maximum absolute atomic E-state index is 12.3. The van der Waals surface area contributed by atoms with E-state index in [1.54, 1.807) is 36.7 Å². The van der Waals surface area contributed by atoms with Crippen molar-refractivity contribution in [2.75, 3.05) is 5.32 Å². The SMILES string of the molecule is CC1(C(=O)NCc2ccc(C(=O)Nc3cccnc3)cc2)CC=CC1. The van der Waals surface area contributed by atoms with Gasteiger partial charge in [-0.1, -0.05) is 31.2 Å². The second-order valence-corrected chi connectivity index (χ2v) is 6.52. The van der Waals surface area contributed by atoms with Crippen LogP contribution in [0.4, 0.5) is 5.69 Å². The number of benzene rings is 1. The quantitative estimate of drug-likeness (QED) is 0.824. The summed E-state index contributed by atoms with van der Waals surface area (Å²) < 4.78 is 0. The summed E-state index contributed by atoms with van der Waals surface area (Å²) in [6.07, 6.45) is 8.92. The number of aromatic nitrogens is 1. The molecule has 2 N–H and O–H groups in total. The van der Waals surface area contributed by atoms with Crippen molar-refractivity contribution in [1.82, 2.24) is 10.3 Å². The molecule has 1 aliphatic rings. The second kappa shape index (κ2) is 7.30. The number of anilines is 1. The number of carbonyl (C=O) groups excluding carboxylic acids is 2. The molecule has 0 fully saturated rings. The van der Waals surface area contributed by atoms with Crippen LogP contribution in [0.3, 0.4) is 0 Å². The molecule has 0 saturated carbocycles. The van der Waals surface area contributed by atoms with Gasteiger partial charge in [0.15, 0.2) is 0 Å². The van der Waals surface area contributed by atoms with E-state index in [4.69, 9.17) is 0 Å². The maximum atomic E-state index is 12.3. The van der Waals surface area contributed by atoms with Gasteiger partial charge in [-0.2, -0.15) is 0 Å². The average molecular weight is 335 g/mol. The number of amides is 2. The van der Waals surface area contributed by atoms with Gasteiger partial charge in [0.2, 0.25) is 5.91 Å². The number of nitrogens with one attached hydrogen (secondary N) is 2. The summed E-state index contributed by atoms with van der Waals surface area (Å²) in [6.45, 7) is 2.44. The Morgan fingerprint density at radius 2 is 1.84 bits per heavy atom. The minimum atomic E-state index is -0.330. The maximum Gasteiger partial charge on any atom is 0.255 e. The van der Waals surface area contributed by atoms with E-state index in [9.17, 15) is 9.59 Å². The van der Waals surface area contributed by atoms with Crippen LogP contribution in [0.5, 0.6) is 0 Å². The zero-order chi connectivity index (χ0) is 17.7. The predicted octanol–water partition coefficient (Wildman–Crippen LogP) is 3.31. The summed E-state index contributed by atoms with van der Waals surface area (Å²) in [5.74, 6) is -0.121. The van der Waals surface area contributed by atoms with E-state index in [0.717, 1.165) is 18.4 Å². The number of carbonyl (C=O) groups is 2. The first-order valence-electron chi connectivity index (χ1n) is 8.30. The third kappa shape index (κ3) is 4.12. The first kappa shape index (κ1) is 16.9. The van der Waals surface area contributed by atoms with Crippen LogP contribution in [0.15, 0.2) is 60.9 Å². The average Bonchev–Trinajstić information content (AvgIpc) is 3.09. The van der Waals surface area contributed by atoms with Crippen molar-refractivity contribution in [3.8, 4) is 0 Å². The number of nitrogens with zero attached hydrogens (tertiary/aromatic N) is 1. The van der Waals surface area contributed by atoms with Gasteiger partial charge in [-0.15, -0.1) is 0 Å². The molecule has 25 heavy (non-hydrogen) atoms. The molecule has 0 aliphatic heterocycles. The van der Waals surface area contributed by atoms with Crippen LogP contribution in [-0.2, 0) is 11.3 Å². The first-order chi connectivity index (χ1) is 12.1. The molecule has 128 valence electrons. The number of hydrogen-bond acceptors (Lipinski definition) is 3. The molecule has 0 spiro atoms. The summed E-state index contributed by atoms with van der Waals surface area (Å²) in [4.78, 5) is 28.5. The fraction of sp³-hybridized carbons (Fsp3) is 0.250.